The van der Waals surface area contributed by atoms with Crippen LogP contribution in [0.2, 0.25) is 0 Å². The topological polar surface area (TPSA) is 46.5 Å². The van der Waals surface area contributed by atoms with Gasteiger partial charge in [0.15, 0.2) is 0 Å². The summed E-state index contributed by atoms with van der Waals surface area (Å²) in [6.45, 7) is 1.85. The zero-order valence-electron chi connectivity index (χ0n) is 15.6. The van der Waals surface area contributed by atoms with Crippen LogP contribution < -0.4 is 0 Å². The molecule has 2 aromatic rings. The molecule has 26 heavy (non-hydrogen) atoms. The zero-order chi connectivity index (χ0) is 18.8. The van der Waals surface area contributed by atoms with Crippen LogP contribution in [0.25, 0.3) is 0 Å². The lowest BCUT2D eigenvalue weighted by atomic mass is 9.89. The standard InChI is InChI=1S/C22H28O3S/c1-17(23)21(12-8-4-7-11-18-9-5-3-6-10-18)19-13-15-20(16-14-19)26-22(24)25-2/h3,5-6,9-10,13-17,21,23H,4,7-8,11-12H2,1-2H3/t17?,21-/m0/s1. The molecule has 2 aromatic carbocycles. The van der Waals surface area contributed by atoms with E-state index in [1.807, 2.05) is 37.3 Å². The molecule has 0 saturated heterocycles. The molecular weight excluding hydrogens is 344 g/mol. The normalized spacial score (nSPS) is 13.2. The molecule has 3 nitrogen and oxygen atoms in total. The summed E-state index contributed by atoms with van der Waals surface area (Å²) in [6.07, 6.45) is 5.12. The van der Waals surface area contributed by atoms with Crippen LogP contribution >= 0.6 is 11.8 Å². The van der Waals surface area contributed by atoms with Crippen LogP contribution in [0.5, 0.6) is 0 Å². The summed E-state index contributed by atoms with van der Waals surface area (Å²) in [7, 11) is 1.38. The van der Waals surface area contributed by atoms with E-state index in [2.05, 4.69) is 29.0 Å². The highest BCUT2D eigenvalue weighted by molar-refractivity contribution is 8.13. The van der Waals surface area contributed by atoms with Crippen molar-refractivity contribution >= 4 is 17.1 Å². The summed E-state index contributed by atoms with van der Waals surface area (Å²) in [5.74, 6) is 0.129. The molecule has 0 aliphatic carbocycles. The van der Waals surface area contributed by atoms with E-state index in [0.717, 1.165) is 47.9 Å². The minimum atomic E-state index is -0.386. The SMILES string of the molecule is COC(=O)Sc1ccc([C@@H](CCCCCc2ccccc2)C(C)O)cc1. The van der Waals surface area contributed by atoms with Crippen LogP contribution in [-0.4, -0.2) is 23.6 Å². The van der Waals surface area contributed by atoms with Crippen molar-refractivity contribution in [3.63, 3.8) is 0 Å². The Morgan fingerprint density at radius 1 is 1.04 bits per heavy atom. The number of unbranched alkanes of at least 4 members (excludes halogenated alkanes) is 2. The molecule has 1 N–H and O–H groups in total. The van der Waals surface area contributed by atoms with Gasteiger partial charge >= 0.3 is 5.30 Å². The lowest BCUT2D eigenvalue weighted by Gasteiger charge is -2.20. The smallest absolute Gasteiger partial charge is 0.371 e. The molecule has 0 aliphatic rings. The molecule has 2 rings (SSSR count). The highest BCUT2D eigenvalue weighted by Crippen LogP contribution is 2.29. The third kappa shape index (κ3) is 6.85. The van der Waals surface area contributed by atoms with Gasteiger partial charge in [0.25, 0.3) is 0 Å². The molecule has 0 spiro atoms. The number of aryl methyl sites for hydroxylation is 1. The number of ether oxygens (including phenoxy) is 1. The van der Waals surface area contributed by atoms with E-state index in [9.17, 15) is 9.90 Å². The summed E-state index contributed by atoms with van der Waals surface area (Å²) >= 11 is 1.07. The maximum absolute atomic E-state index is 11.3. The number of thioether (sulfide) groups is 1. The first kappa shape index (κ1) is 20.5. The molecule has 0 amide bonds. The molecule has 0 bridgehead atoms. The minimum Gasteiger partial charge on any atom is -0.461 e. The van der Waals surface area contributed by atoms with E-state index in [1.54, 1.807) is 0 Å². The van der Waals surface area contributed by atoms with Crippen LogP contribution in [0, 0.1) is 0 Å². The van der Waals surface area contributed by atoms with Gasteiger partial charge in [-0.25, -0.2) is 4.79 Å². The average molecular weight is 373 g/mol. The number of hydrogen-bond acceptors (Lipinski definition) is 4. The highest BCUT2D eigenvalue weighted by atomic mass is 32.2. The van der Waals surface area contributed by atoms with Crippen molar-refractivity contribution in [1.82, 2.24) is 0 Å². The van der Waals surface area contributed by atoms with Gasteiger partial charge in [-0.2, -0.15) is 0 Å². The highest BCUT2D eigenvalue weighted by Gasteiger charge is 2.17. The number of carbonyl (C=O) groups excluding carboxylic acids is 1. The predicted molar refractivity (Wildman–Crippen MR) is 108 cm³/mol. The summed E-state index contributed by atoms with van der Waals surface area (Å²) < 4.78 is 4.66. The van der Waals surface area contributed by atoms with Crippen LogP contribution in [0.1, 0.15) is 49.7 Å². The molecule has 0 aromatic heterocycles. The number of aliphatic hydroxyl groups is 1. The molecule has 0 aliphatic heterocycles. The molecule has 140 valence electrons. The molecule has 0 radical (unpaired) electrons. The van der Waals surface area contributed by atoms with Crippen LogP contribution in [0.3, 0.4) is 0 Å². The Hall–Kier alpha value is -1.78. The van der Waals surface area contributed by atoms with Crippen molar-refractivity contribution in [2.45, 2.75) is 55.9 Å². The fourth-order valence-electron chi connectivity index (χ4n) is 3.12. The molecule has 1 unspecified atom stereocenters. The van der Waals surface area contributed by atoms with E-state index in [-0.39, 0.29) is 17.3 Å². The predicted octanol–water partition coefficient (Wildman–Crippen LogP) is 5.81. The summed E-state index contributed by atoms with van der Waals surface area (Å²) in [4.78, 5) is 12.2. The van der Waals surface area contributed by atoms with Gasteiger partial charge in [-0.15, -0.1) is 0 Å². The number of hydrogen-bond donors (Lipinski definition) is 1. The zero-order valence-corrected chi connectivity index (χ0v) is 16.4. The van der Waals surface area contributed by atoms with E-state index in [4.69, 9.17) is 0 Å². The van der Waals surface area contributed by atoms with Crippen molar-refractivity contribution in [3.8, 4) is 0 Å². The quantitative estimate of drug-likeness (QED) is 0.343. The second-order valence-corrected chi connectivity index (χ2v) is 7.57. The Bertz CT molecular complexity index is 653. The maximum atomic E-state index is 11.3. The fraction of sp³-hybridized carbons (Fsp3) is 0.409. The maximum Gasteiger partial charge on any atom is 0.371 e. The average Bonchev–Trinajstić information content (AvgIpc) is 2.66. The Balaban J connectivity index is 1.81. The van der Waals surface area contributed by atoms with Crippen LogP contribution in [-0.2, 0) is 11.2 Å². The van der Waals surface area contributed by atoms with Gasteiger partial charge < -0.3 is 9.84 Å². The van der Waals surface area contributed by atoms with Gasteiger partial charge in [0.2, 0.25) is 0 Å². The Morgan fingerprint density at radius 2 is 1.73 bits per heavy atom. The van der Waals surface area contributed by atoms with Gasteiger partial charge in [0.05, 0.1) is 13.2 Å². The van der Waals surface area contributed by atoms with Crippen molar-refractivity contribution in [1.29, 1.82) is 0 Å². The monoisotopic (exact) mass is 372 g/mol. The first-order valence-corrected chi connectivity index (χ1v) is 9.99. The number of methoxy groups -OCH3 is 1. The van der Waals surface area contributed by atoms with E-state index < -0.39 is 0 Å². The molecule has 2 atom stereocenters. The van der Waals surface area contributed by atoms with Crippen molar-refractivity contribution in [3.05, 3.63) is 65.7 Å². The van der Waals surface area contributed by atoms with Gasteiger partial charge in [0, 0.05) is 10.8 Å². The van der Waals surface area contributed by atoms with Crippen molar-refractivity contribution in [2.75, 3.05) is 7.11 Å². The number of benzene rings is 2. The van der Waals surface area contributed by atoms with Crippen LogP contribution in [0.15, 0.2) is 59.5 Å². The second-order valence-electron chi connectivity index (χ2n) is 6.56. The molecule has 0 fully saturated rings. The van der Waals surface area contributed by atoms with Crippen molar-refractivity contribution in [2.24, 2.45) is 0 Å². The van der Waals surface area contributed by atoms with Crippen molar-refractivity contribution < 1.29 is 14.6 Å². The van der Waals surface area contributed by atoms with Gasteiger partial charge in [-0.1, -0.05) is 55.3 Å². The van der Waals surface area contributed by atoms with Gasteiger partial charge in [-0.3, -0.25) is 0 Å². The van der Waals surface area contributed by atoms with E-state index in [0.29, 0.717) is 0 Å². The van der Waals surface area contributed by atoms with Crippen LogP contribution in [0.4, 0.5) is 4.79 Å². The Morgan fingerprint density at radius 3 is 2.35 bits per heavy atom. The van der Waals surface area contributed by atoms with Gasteiger partial charge in [0.1, 0.15) is 0 Å². The molecule has 4 heteroatoms. The Labute approximate surface area is 160 Å². The summed E-state index contributed by atoms with van der Waals surface area (Å²) in [5, 5.41) is 9.86. The molecular formula is C22H28O3S. The molecule has 0 saturated carbocycles. The largest absolute Gasteiger partial charge is 0.461 e. The minimum absolute atomic E-state index is 0.129. The second kappa shape index (κ2) is 11.0. The lowest BCUT2D eigenvalue weighted by molar-refractivity contribution is 0.156. The summed E-state index contributed by atoms with van der Waals surface area (Å²) in [6, 6.07) is 18.4. The third-order valence-corrected chi connectivity index (χ3v) is 5.42. The van der Waals surface area contributed by atoms with E-state index >= 15 is 0 Å². The first-order valence-electron chi connectivity index (χ1n) is 9.18. The third-order valence-electron chi connectivity index (χ3n) is 4.58. The number of carbonyl (C=O) groups is 1. The number of aliphatic hydroxyl groups excluding tert-OH is 1. The van der Waals surface area contributed by atoms with Gasteiger partial charge in [-0.05, 0) is 61.2 Å². The Kier molecular flexibility index (Phi) is 8.72. The van der Waals surface area contributed by atoms with E-state index in [1.165, 1.54) is 19.1 Å². The summed E-state index contributed by atoms with van der Waals surface area (Å²) in [5.41, 5.74) is 2.51. The lowest BCUT2D eigenvalue weighted by Crippen LogP contribution is -2.14. The first-order chi connectivity index (χ1) is 12.6. The molecule has 0 heterocycles. The number of rotatable bonds is 9. The fourth-order valence-corrected chi connectivity index (χ4v) is 3.67.